The predicted molar refractivity (Wildman–Crippen MR) is 95.6 cm³/mol. The first-order chi connectivity index (χ1) is 11.4. The van der Waals surface area contributed by atoms with Crippen LogP contribution in [-0.4, -0.2) is 28.7 Å². The molecule has 24 heavy (non-hydrogen) atoms. The summed E-state index contributed by atoms with van der Waals surface area (Å²) in [6.45, 7) is 0.310. The summed E-state index contributed by atoms with van der Waals surface area (Å²) in [6, 6.07) is 11.9. The Morgan fingerprint density at radius 2 is 1.67 bits per heavy atom. The van der Waals surface area contributed by atoms with Gasteiger partial charge in [0.05, 0.1) is 12.9 Å². The van der Waals surface area contributed by atoms with Gasteiger partial charge in [-0.05, 0) is 24.3 Å². The van der Waals surface area contributed by atoms with E-state index in [4.69, 9.17) is 32.7 Å². The number of sulfonamides is 1. The molecule has 0 aliphatic carbocycles. The molecule has 0 aromatic heterocycles. The highest BCUT2D eigenvalue weighted by atomic mass is 35.5. The van der Waals surface area contributed by atoms with Crippen LogP contribution in [0.15, 0.2) is 42.5 Å². The standard InChI is InChI=1S/C16H17Cl2NO4S/c1-22-12-4-2-5-13(10-12)23-9-8-19-24(20,21)11-14-15(17)6-3-7-16(14)18/h2-7,10,19H,8-9,11H2,1H3. The molecule has 0 saturated carbocycles. The van der Waals surface area contributed by atoms with Crippen LogP contribution in [0.1, 0.15) is 5.56 Å². The van der Waals surface area contributed by atoms with Crippen LogP contribution < -0.4 is 14.2 Å². The minimum absolute atomic E-state index is 0.127. The fourth-order valence-electron chi connectivity index (χ4n) is 1.97. The van der Waals surface area contributed by atoms with Crippen molar-refractivity contribution in [3.8, 4) is 11.5 Å². The minimum Gasteiger partial charge on any atom is -0.497 e. The zero-order valence-corrected chi connectivity index (χ0v) is 15.3. The number of methoxy groups -OCH3 is 1. The van der Waals surface area contributed by atoms with Crippen LogP contribution in [0.4, 0.5) is 0 Å². The van der Waals surface area contributed by atoms with E-state index in [1.165, 1.54) is 0 Å². The van der Waals surface area contributed by atoms with Crippen molar-refractivity contribution in [3.05, 3.63) is 58.1 Å². The minimum atomic E-state index is -3.57. The first-order valence-corrected chi connectivity index (χ1v) is 9.49. The van der Waals surface area contributed by atoms with E-state index in [1.54, 1.807) is 49.6 Å². The quantitative estimate of drug-likeness (QED) is 0.701. The number of halogens is 2. The molecule has 0 radical (unpaired) electrons. The van der Waals surface area contributed by atoms with Gasteiger partial charge in [0, 0.05) is 28.2 Å². The number of rotatable bonds is 8. The van der Waals surface area contributed by atoms with E-state index >= 15 is 0 Å². The fourth-order valence-corrected chi connectivity index (χ4v) is 3.85. The third kappa shape index (κ3) is 5.56. The lowest BCUT2D eigenvalue weighted by Gasteiger charge is -2.11. The molecule has 0 atom stereocenters. The van der Waals surface area contributed by atoms with Crippen LogP contribution >= 0.6 is 23.2 Å². The smallest absolute Gasteiger partial charge is 0.216 e. The summed E-state index contributed by atoms with van der Waals surface area (Å²) in [5.41, 5.74) is 0.377. The third-order valence-electron chi connectivity index (χ3n) is 3.13. The van der Waals surface area contributed by atoms with Crippen molar-refractivity contribution in [1.29, 1.82) is 0 Å². The molecule has 8 heteroatoms. The molecule has 0 spiro atoms. The van der Waals surface area contributed by atoms with E-state index in [0.29, 0.717) is 27.1 Å². The van der Waals surface area contributed by atoms with Gasteiger partial charge in [-0.3, -0.25) is 0 Å². The number of benzene rings is 2. The molecule has 0 heterocycles. The first-order valence-electron chi connectivity index (χ1n) is 7.08. The van der Waals surface area contributed by atoms with Crippen molar-refractivity contribution in [2.45, 2.75) is 5.75 Å². The summed E-state index contributed by atoms with van der Waals surface area (Å²) in [5.74, 6) is 0.981. The lowest BCUT2D eigenvalue weighted by Crippen LogP contribution is -2.29. The topological polar surface area (TPSA) is 64.6 Å². The Morgan fingerprint density at radius 3 is 2.33 bits per heavy atom. The number of nitrogens with one attached hydrogen (secondary N) is 1. The Bertz CT molecular complexity index is 776. The molecule has 0 aliphatic rings. The second-order valence-electron chi connectivity index (χ2n) is 4.88. The van der Waals surface area contributed by atoms with E-state index in [0.717, 1.165) is 0 Å². The summed E-state index contributed by atoms with van der Waals surface area (Å²) in [6.07, 6.45) is 0. The highest BCUT2D eigenvalue weighted by molar-refractivity contribution is 7.88. The van der Waals surface area contributed by atoms with E-state index in [2.05, 4.69) is 4.72 Å². The Balaban J connectivity index is 1.86. The van der Waals surface area contributed by atoms with Crippen molar-refractivity contribution in [2.75, 3.05) is 20.3 Å². The number of ether oxygens (including phenoxy) is 2. The van der Waals surface area contributed by atoms with E-state index in [1.807, 2.05) is 0 Å². The average molecular weight is 390 g/mol. The zero-order chi connectivity index (χ0) is 17.6. The highest BCUT2D eigenvalue weighted by Gasteiger charge is 2.16. The Labute approximate surface area is 151 Å². The molecular weight excluding hydrogens is 373 g/mol. The molecule has 2 aromatic rings. The van der Waals surface area contributed by atoms with Gasteiger partial charge < -0.3 is 9.47 Å². The molecule has 0 bridgehead atoms. The number of hydrogen-bond acceptors (Lipinski definition) is 4. The van der Waals surface area contributed by atoms with Crippen molar-refractivity contribution < 1.29 is 17.9 Å². The van der Waals surface area contributed by atoms with E-state index in [9.17, 15) is 8.42 Å². The summed E-state index contributed by atoms with van der Waals surface area (Å²) >= 11 is 12.0. The predicted octanol–water partition coefficient (Wildman–Crippen LogP) is 3.50. The maximum atomic E-state index is 12.1. The molecule has 0 fully saturated rings. The molecule has 5 nitrogen and oxygen atoms in total. The fraction of sp³-hybridized carbons (Fsp3) is 0.250. The van der Waals surface area contributed by atoms with Gasteiger partial charge in [0.2, 0.25) is 10.0 Å². The molecular formula is C16H17Cl2NO4S. The monoisotopic (exact) mass is 389 g/mol. The van der Waals surface area contributed by atoms with Gasteiger partial charge in [0.15, 0.2) is 0 Å². The average Bonchev–Trinajstić information content (AvgIpc) is 2.55. The Hall–Kier alpha value is -1.47. The molecule has 0 unspecified atom stereocenters. The van der Waals surface area contributed by atoms with Crippen LogP contribution in [-0.2, 0) is 15.8 Å². The zero-order valence-electron chi connectivity index (χ0n) is 13.0. The van der Waals surface area contributed by atoms with Gasteiger partial charge >= 0.3 is 0 Å². The Morgan fingerprint density at radius 1 is 1.04 bits per heavy atom. The van der Waals surface area contributed by atoms with Gasteiger partial charge in [0.1, 0.15) is 18.1 Å². The molecule has 1 N–H and O–H groups in total. The summed E-state index contributed by atoms with van der Waals surface area (Å²) in [5, 5.41) is 0.640. The molecule has 0 aliphatic heterocycles. The summed E-state index contributed by atoms with van der Waals surface area (Å²) in [4.78, 5) is 0. The summed E-state index contributed by atoms with van der Waals surface area (Å²) in [7, 11) is -2.01. The van der Waals surface area contributed by atoms with Crippen LogP contribution in [0, 0.1) is 0 Å². The van der Waals surface area contributed by atoms with Crippen LogP contribution in [0.2, 0.25) is 10.0 Å². The molecule has 2 aromatic carbocycles. The normalized spacial score (nSPS) is 11.3. The van der Waals surface area contributed by atoms with Gasteiger partial charge in [-0.25, -0.2) is 13.1 Å². The first kappa shape index (κ1) is 18.9. The van der Waals surface area contributed by atoms with Gasteiger partial charge in [0.25, 0.3) is 0 Å². The van der Waals surface area contributed by atoms with Crippen molar-refractivity contribution in [3.63, 3.8) is 0 Å². The largest absolute Gasteiger partial charge is 0.497 e. The SMILES string of the molecule is COc1cccc(OCCNS(=O)(=O)Cc2c(Cl)cccc2Cl)c1. The summed E-state index contributed by atoms with van der Waals surface area (Å²) < 4.78 is 37.3. The second-order valence-corrected chi connectivity index (χ2v) is 7.50. The van der Waals surface area contributed by atoms with Gasteiger partial charge in [-0.15, -0.1) is 0 Å². The van der Waals surface area contributed by atoms with Crippen LogP contribution in [0.3, 0.4) is 0 Å². The van der Waals surface area contributed by atoms with Crippen molar-refractivity contribution in [2.24, 2.45) is 0 Å². The third-order valence-corrected chi connectivity index (χ3v) is 5.15. The lowest BCUT2D eigenvalue weighted by atomic mass is 10.2. The van der Waals surface area contributed by atoms with Gasteiger partial charge in [-0.1, -0.05) is 35.3 Å². The maximum absolute atomic E-state index is 12.1. The molecule has 2 rings (SSSR count). The number of hydrogen-bond donors (Lipinski definition) is 1. The molecule has 0 amide bonds. The van der Waals surface area contributed by atoms with Crippen LogP contribution in [0.25, 0.3) is 0 Å². The van der Waals surface area contributed by atoms with Crippen molar-refractivity contribution in [1.82, 2.24) is 4.72 Å². The lowest BCUT2D eigenvalue weighted by molar-refractivity contribution is 0.320. The highest BCUT2D eigenvalue weighted by Crippen LogP contribution is 2.25. The van der Waals surface area contributed by atoms with Gasteiger partial charge in [-0.2, -0.15) is 0 Å². The Kier molecular flexibility index (Phi) is 6.74. The maximum Gasteiger partial charge on any atom is 0.216 e. The van der Waals surface area contributed by atoms with E-state index in [-0.39, 0.29) is 18.9 Å². The van der Waals surface area contributed by atoms with Crippen LogP contribution in [0.5, 0.6) is 11.5 Å². The molecule has 0 saturated heterocycles. The van der Waals surface area contributed by atoms with Crippen molar-refractivity contribution >= 4 is 33.2 Å². The molecule has 130 valence electrons. The second kappa shape index (κ2) is 8.58. The van der Waals surface area contributed by atoms with E-state index < -0.39 is 10.0 Å².